The van der Waals surface area contributed by atoms with E-state index in [0.29, 0.717) is 28.2 Å². The third kappa shape index (κ3) is 4.03. The lowest BCUT2D eigenvalue weighted by molar-refractivity contribution is 0.0282. The average Bonchev–Trinajstić information content (AvgIpc) is 3.59. The van der Waals surface area contributed by atoms with Gasteiger partial charge in [0.05, 0.1) is 27.7 Å². The van der Waals surface area contributed by atoms with Gasteiger partial charge in [-0.2, -0.15) is 5.10 Å². The van der Waals surface area contributed by atoms with Gasteiger partial charge in [0.1, 0.15) is 0 Å². The lowest BCUT2D eigenvalue weighted by atomic mass is 10.1. The Labute approximate surface area is 193 Å². The van der Waals surface area contributed by atoms with Crippen LogP contribution in [0, 0.1) is 0 Å². The molecule has 0 aliphatic rings. The fraction of sp³-hybridized carbons (Fsp3) is 0.208. The molecule has 33 heavy (non-hydrogen) atoms. The zero-order valence-electron chi connectivity index (χ0n) is 18.3. The van der Waals surface area contributed by atoms with Gasteiger partial charge >= 0.3 is 5.97 Å². The second-order valence-corrected chi connectivity index (χ2v) is 8.76. The topological polar surface area (TPSA) is 95.9 Å². The Balaban J connectivity index is 1.47. The highest BCUT2D eigenvalue weighted by atomic mass is 32.1. The van der Waals surface area contributed by atoms with E-state index >= 15 is 0 Å². The Morgan fingerprint density at radius 3 is 2.64 bits per heavy atom. The number of ether oxygens (including phenoxy) is 1. The SMILES string of the molecule is CC(OC(=O)c1cc(-c2cccs2)nc2c1cnn2C(C)C)c1nnc(-c2ccccc2)o1. The van der Waals surface area contributed by atoms with Gasteiger partial charge in [0.25, 0.3) is 5.89 Å². The summed E-state index contributed by atoms with van der Waals surface area (Å²) < 4.78 is 13.3. The molecule has 4 aromatic heterocycles. The number of fused-ring (bicyclic) bond motifs is 1. The van der Waals surface area contributed by atoms with Crippen LogP contribution in [0.25, 0.3) is 33.1 Å². The van der Waals surface area contributed by atoms with Gasteiger partial charge in [-0.3, -0.25) is 0 Å². The Hall–Kier alpha value is -3.85. The number of nitrogens with zero attached hydrogens (tertiary/aromatic N) is 5. The van der Waals surface area contributed by atoms with Crippen molar-refractivity contribution < 1.29 is 13.9 Å². The average molecular weight is 460 g/mol. The predicted molar refractivity (Wildman–Crippen MR) is 125 cm³/mol. The van der Waals surface area contributed by atoms with Crippen molar-refractivity contribution in [3.05, 3.63) is 71.6 Å². The van der Waals surface area contributed by atoms with Crippen LogP contribution < -0.4 is 0 Å². The Kier molecular flexibility index (Phi) is 5.47. The van der Waals surface area contributed by atoms with Crippen LogP contribution in [-0.4, -0.2) is 30.9 Å². The second-order valence-electron chi connectivity index (χ2n) is 7.81. The van der Waals surface area contributed by atoms with Crippen LogP contribution in [0.1, 0.15) is 49.2 Å². The number of rotatable bonds is 6. The monoisotopic (exact) mass is 459 g/mol. The van der Waals surface area contributed by atoms with E-state index in [9.17, 15) is 4.79 Å². The normalized spacial score (nSPS) is 12.4. The highest BCUT2D eigenvalue weighted by Crippen LogP contribution is 2.30. The first-order valence-corrected chi connectivity index (χ1v) is 11.4. The summed E-state index contributed by atoms with van der Waals surface area (Å²) in [6.45, 7) is 5.74. The van der Waals surface area contributed by atoms with E-state index in [-0.39, 0.29) is 11.9 Å². The molecule has 8 nitrogen and oxygen atoms in total. The maximum absolute atomic E-state index is 13.2. The molecule has 5 rings (SSSR count). The van der Waals surface area contributed by atoms with Crippen LogP contribution in [0.15, 0.2) is 64.5 Å². The first-order valence-electron chi connectivity index (χ1n) is 10.5. The van der Waals surface area contributed by atoms with Gasteiger partial charge in [-0.25, -0.2) is 14.5 Å². The van der Waals surface area contributed by atoms with Crippen LogP contribution >= 0.6 is 11.3 Å². The summed E-state index contributed by atoms with van der Waals surface area (Å²) in [6, 6.07) is 15.2. The van der Waals surface area contributed by atoms with Crippen molar-refractivity contribution in [3.8, 4) is 22.0 Å². The number of pyridine rings is 1. The van der Waals surface area contributed by atoms with Crippen molar-refractivity contribution in [3.63, 3.8) is 0 Å². The molecule has 1 aromatic carbocycles. The number of carbonyl (C=O) groups excluding carboxylic acids is 1. The van der Waals surface area contributed by atoms with Crippen LogP contribution in [0.3, 0.4) is 0 Å². The second kappa shape index (κ2) is 8.59. The fourth-order valence-electron chi connectivity index (χ4n) is 3.49. The summed E-state index contributed by atoms with van der Waals surface area (Å²) in [5.41, 5.74) is 2.53. The van der Waals surface area contributed by atoms with Crippen molar-refractivity contribution in [2.45, 2.75) is 32.9 Å². The van der Waals surface area contributed by atoms with Crippen molar-refractivity contribution >= 4 is 28.3 Å². The zero-order valence-corrected chi connectivity index (χ0v) is 19.1. The first kappa shape index (κ1) is 21.0. The van der Waals surface area contributed by atoms with E-state index in [1.54, 1.807) is 35.2 Å². The molecule has 9 heteroatoms. The number of aromatic nitrogens is 5. The van der Waals surface area contributed by atoms with Crippen molar-refractivity contribution in [2.75, 3.05) is 0 Å². The maximum Gasteiger partial charge on any atom is 0.339 e. The van der Waals surface area contributed by atoms with Crippen LogP contribution in [0.4, 0.5) is 0 Å². The predicted octanol–water partition coefficient (Wildman–Crippen LogP) is 5.71. The summed E-state index contributed by atoms with van der Waals surface area (Å²) in [4.78, 5) is 19.0. The van der Waals surface area contributed by atoms with Crippen LogP contribution in [0.5, 0.6) is 0 Å². The molecule has 1 unspecified atom stereocenters. The summed E-state index contributed by atoms with van der Waals surface area (Å²) in [5, 5.41) is 15.2. The van der Waals surface area contributed by atoms with Gasteiger partial charge in [0, 0.05) is 11.6 Å². The minimum absolute atomic E-state index is 0.0891. The number of benzene rings is 1. The first-order chi connectivity index (χ1) is 16.0. The Morgan fingerprint density at radius 2 is 1.91 bits per heavy atom. The van der Waals surface area contributed by atoms with E-state index in [4.69, 9.17) is 14.1 Å². The summed E-state index contributed by atoms with van der Waals surface area (Å²) >= 11 is 1.56. The standard InChI is InChI=1S/C24H21N5O3S/c1-14(2)29-21-18(13-25-29)17(12-19(26-21)20-10-7-11-33-20)24(30)31-15(3)22-27-28-23(32-22)16-8-5-4-6-9-16/h4-15H,1-3H3. The van der Waals surface area contributed by atoms with E-state index in [0.717, 1.165) is 10.4 Å². The van der Waals surface area contributed by atoms with Crippen molar-refractivity contribution in [1.29, 1.82) is 0 Å². The van der Waals surface area contributed by atoms with Crippen molar-refractivity contribution in [1.82, 2.24) is 25.0 Å². The molecular weight excluding hydrogens is 438 g/mol. The van der Waals surface area contributed by atoms with E-state index in [2.05, 4.69) is 15.3 Å². The minimum Gasteiger partial charge on any atom is -0.449 e. The highest BCUT2D eigenvalue weighted by molar-refractivity contribution is 7.13. The summed E-state index contributed by atoms with van der Waals surface area (Å²) in [5.74, 6) is 0.0947. The minimum atomic E-state index is -0.726. The molecule has 0 bridgehead atoms. The number of hydrogen-bond acceptors (Lipinski definition) is 8. The third-order valence-electron chi connectivity index (χ3n) is 5.14. The molecule has 0 aliphatic carbocycles. The van der Waals surface area contributed by atoms with Gasteiger partial charge < -0.3 is 9.15 Å². The quantitative estimate of drug-likeness (QED) is 0.300. The summed E-state index contributed by atoms with van der Waals surface area (Å²) in [6.07, 6.45) is 0.929. The van der Waals surface area contributed by atoms with E-state index < -0.39 is 12.1 Å². The molecule has 0 fully saturated rings. The van der Waals surface area contributed by atoms with Gasteiger partial charge in [-0.1, -0.05) is 24.3 Å². The molecule has 1 atom stereocenters. The number of thiophene rings is 1. The lowest BCUT2D eigenvalue weighted by Crippen LogP contribution is -2.11. The van der Waals surface area contributed by atoms with Crippen LogP contribution in [0.2, 0.25) is 0 Å². The molecule has 0 spiro atoms. The van der Waals surface area contributed by atoms with Gasteiger partial charge in [-0.15, -0.1) is 21.5 Å². The number of carbonyl (C=O) groups is 1. The maximum atomic E-state index is 13.2. The van der Waals surface area contributed by atoms with Gasteiger partial charge in [0.15, 0.2) is 11.8 Å². The highest BCUT2D eigenvalue weighted by Gasteiger charge is 2.24. The zero-order chi connectivity index (χ0) is 22.9. The molecule has 0 saturated heterocycles. The van der Waals surface area contributed by atoms with E-state index in [1.165, 1.54) is 0 Å². The lowest BCUT2D eigenvalue weighted by Gasteiger charge is -2.12. The fourth-order valence-corrected chi connectivity index (χ4v) is 4.17. The molecule has 0 aliphatic heterocycles. The number of esters is 1. The van der Waals surface area contributed by atoms with E-state index in [1.807, 2.05) is 61.7 Å². The molecule has 0 N–H and O–H groups in total. The Morgan fingerprint density at radius 1 is 1.09 bits per heavy atom. The molecule has 0 amide bonds. The smallest absolute Gasteiger partial charge is 0.339 e. The molecule has 4 heterocycles. The Bertz CT molecular complexity index is 1410. The van der Waals surface area contributed by atoms with Gasteiger partial charge in [0.2, 0.25) is 5.89 Å². The summed E-state index contributed by atoms with van der Waals surface area (Å²) in [7, 11) is 0. The van der Waals surface area contributed by atoms with Crippen LogP contribution in [-0.2, 0) is 4.74 Å². The van der Waals surface area contributed by atoms with Gasteiger partial charge in [-0.05, 0) is 50.4 Å². The molecule has 0 saturated carbocycles. The third-order valence-corrected chi connectivity index (χ3v) is 6.03. The molecule has 166 valence electrons. The largest absolute Gasteiger partial charge is 0.449 e. The number of hydrogen-bond donors (Lipinski definition) is 0. The molecule has 0 radical (unpaired) electrons. The van der Waals surface area contributed by atoms with Crippen molar-refractivity contribution in [2.24, 2.45) is 0 Å². The molecule has 5 aromatic rings. The molecular formula is C24H21N5O3S.